The van der Waals surface area contributed by atoms with Crippen molar-refractivity contribution in [3.05, 3.63) is 24.3 Å². The quantitative estimate of drug-likeness (QED) is 0.719. The Labute approximate surface area is 138 Å². The fourth-order valence-electron chi connectivity index (χ4n) is 2.45. The zero-order valence-electron chi connectivity index (χ0n) is 14.1. The number of nitrogens with one attached hydrogen (secondary N) is 1. The number of amides is 1. The fraction of sp³-hybridized carbons (Fsp3) is 0.588. The summed E-state index contributed by atoms with van der Waals surface area (Å²) in [5.41, 5.74) is 0. The first-order chi connectivity index (χ1) is 11.2. The Hall–Kier alpha value is -1.79. The lowest BCUT2D eigenvalue weighted by Gasteiger charge is -2.32. The van der Waals surface area contributed by atoms with E-state index in [-0.39, 0.29) is 5.91 Å². The van der Waals surface area contributed by atoms with Gasteiger partial charge in [0.15, 0.2) is 0 Å². The van der Waals surface area contributed by atoms with Crippen molar-refractivity contribution in [2.24, 2.45) is 0 Å². The van der Waals surface area contributed by atoms with Crippen LogP contribution in [0, 0.1) is 0 Å². The lowest BCUT2D eigenvalue weighted by molar-refractivity contribution is -0.132. The van der Waals surface area contributed by atoms with Crippen LogP contribution in [0.3, 0.4) is 0 Å². The largest absolute Gasteiger partial charge is 0.497 e. The zero-order chi connectivity index (χ0) is 16.5. The minimum Gasteiger partial charge on any atom is -0.497 e. The molecule has 6 nitrogen and oxygen atoms in total. The topological polar surface area (TPSA) is 54.0 Å². The summed E-state index contributed by atoms with van der Waals surface area (Å²) in [7, 11) is 3.73. The molecule has 1 saturated heterocycles. The number of likely N-dealkylation sites (N-methyl/N-ethyl adjacent to an activating group) is 1. The summed E-state index contributed by atoms with van der Waals surface area (Å²) in [5.74, 6) is 1.88. The van der Waals surface area contributed by atoms with E-state index in [0.29, 0.717) is 19.6 Å². The molecular formula is C17H27N3O3. The van der Waals surface area contributed by atoms with Crippen LogP contribution in [-0.4, -0.2) is 75.7 Å². The molecule has 1 aromatic carbocycles. The van der Waals surface area contributed by atoms with Gasteiger partial charge in [-0.1, -0.05) is 0 Å². The minimum atomic E-state index is 0.238. The minimum absolute atomic E-state index is 0.238. The molecule has 1 aliphatic heterocycles. The van der Waals surface area contributed by atoms with E-state index < -0.39 is 0 Å². The number of carbonyl (C=O) groups is 1. The molecular weight excluding hydrogens is 294 g/mol. The molecule has 1 amide bonds. The molecule has 6 heteroatoms. The van der Waals surface area contributed by atoms with E-state index in [1.54, 1.807) is 7.11 Å². The van der Waals surface area contributed by atoms with Crippen LogP contribution < -0.4 is 14.8 Å². The molecule has 1 heterocycles. The van der Waals surface area contributed by atoms with E-state index in [1.807, 2.05) is 29.2 Å². The van der Waals surface area contributed by atoms with Gasteiger partial charge in [0, 0.05) is 45.7 Å². The highest BCUT2D eigenvalue weighted by Crippen LogP contribution is 2.16. The number of carbonyl (C=O) groups excluding carboxylic acids is 1. The molecule has 128 valence electrons. The van der Waals surface area contributed by atoms with Gasteiger partial charge in [-0.3, -0.25) is 4.79 Å². The lowest BCUT2D eigenvalue weighted by Crippen LogP contribution is -2.47. The second-order valence-corrected chi connectivity index (χ2v) is 5.71. The maximum absolute atomic E-state index is 12.0. The summed E-state index contributed by atoms with van der Waals surface area (Å²) in [5, 5.41) is 3.25. The third-order valence-electron chi connectivity index (χ3n) is 3.98. The van der Waals surface area contributed by atoms with Crippen molar-refractivity contribution in [3.63, 3.8) is 0 Å². The molecule has 0 bridgehead atoms. The molecule has 0 spiro atoms. The van der Waals surface area contributed by atoms with Gasteiger partial charge < -0.3 is 24.6 Å². The Bertz CT molecular complexity index is 470. The number of benzene rings is 1. The number of hydrogen-bond donors (Lipinski definition) is 1. The van der Waals surface area contributed by atoms with Gasteiger partial charge in [0.2, 0.25) is 5.91 Å². The number of nitrogens with zero attached hydrogens (tertiary/aromatic N) is 2. The van der Waals surface area contributed by atoms with Gasteiger partial charge in [-0.05, 0) is 31.3 Å². The van der Waals surface area contributed by atoms with E-state index in [4.69, 9.17) is 9.47 Å². The van der Waals surface area contributed by atoms with Gasteiger partial charge in [0.05, 0.1) is 7.11 Å². The number of methoxy groups -OCH3 is 1. The highest BCUT2D eigenvalue weighted by molar-refractivity contribution is 5.76. The Morgan fingerprint density at radius 1 is 1.09 bits per heavy atom. The van der Waals surface area contributed by atoms with Crippen molar-refractivity contribution in [1.82, 2.24) is 15.1 Å². The Morgan fingerprint density at radius 3 is 2.39 bits per heavy atom. The fourth-order valence-corrected chi connectivity index (χ4v) is 2.45. The molecule has 0 saturated carbocycles. The average Bonchev–Trinajstić information content (AvgIpc) is 2.59. The third-order valence-corrected chi connectivity index (χ3v) is 3.98. The Morgan fingerprint density at radius 2 is 1.74 bits per heavy atom. The second-order valence-electron chi connectivity index (χ2n) is 5.71. The van der Waals surface area contributed by atoms with E-state index in [2.05, 4.69) is 17.3 Å². The van der Waals surface area contributed by atoms with Gasteiger partial charge in [-0.25, -0.2) is 0 Å². The van der Waals surface area contributed by atoms with Crippen LogP contribution in [0.4, 0.5) is 0 Å². The van der Waals surface area contributed by atoms with Crippen molar-refractivity contribution in [3.8, 4) is 11.5 Å². The molecule has 0 atom stereocenters. The lowest BCUT2D eigenvalue weighted by atomic mass is 10.3. The first-order valence-electron chi connectivity index (χ1n) is 8.13. The molecule has 23 heavy (non-hydrogen) atoms. The second kappa shape index (κ2) is 9.37. The van der Waals surface area contributed by atoms with Gasteiger partial charge in [-0.2, -0.15) is 0 Å². The maximum atomic E-state index is 12.0. The summed E-state index contributed by atoms with van der Waals surface area (Å²) in [6.07, 6.45) is 0.548. The normalized spacial score (nSPS) is 15.5. The van der Waals surface area contributed by atoms with Crippen LogP contribution in [0.15, 0.2) is 24.3 Å². The van der Waals surface area contributed by atoms with E-state index in [1.165, 1.54) is 0 Å². The van der Waals surface area contributed by atoms with Crippen LogP contribution in [0.2, 0.25) is 0 Å². The number of hydrogen-bond acceptors (Lipinski definition) is 5. The van der Waals surface area contributed by atoms with Crippen molar-refractivity contribution in [2.45, 2.75) is 6.42 Å². The van der Waals surface area contributed by atoms with Crippen molar-refractivity contribution < 1.29 is 14.3 Å². The first kappa shape index (κ1) is 17.6. The predicted molar refractivity (Wildman–Crippen MR) is 90.1 cm³/mol. The van der Waals surface area contributed by atoms with Crippen LogP contribution in [0.25, 0.3) is 0 Å². The molecule has 1 aliphatic rings. The molecule has 2 rings (SSSR count). The summed E-state index contributed by atoms with van der Waals surface area (Å²) in [6.45, 7) is 5.61. The highest BCUT2D eigenvalue weighted by Gasteiger charge is 2.18. The van der Waals surface area contributed by atoms with Gasteiger partial charge in [0.25, 0.3) is 0 Å². The highest BCUT2D eigenvalue weighted by atomic mass is 16.5. The maximum Gasteiger partial charge on any atom is 0.223 e. The molecule has 1 N–H and O–H groups in total. The molecule has 0 radical (unpaired) electrons. The van der Waals surface area contributed by atoms with Gasteiger partial charge >= 0.3 is 0 Å². The third kappa shape index (κ3) is 6.08. The zero-order valence-corrected chi connectivity index (χ0v) is 14.1. The van der Waals surface area contributed by atoms with Crippen molar-refractivity contribution >= 4 is 5.91 Å². The average molecular weight is 321 g/mol. The van der Waals surface area contributed by atoms with E-state index >= 15 is 0 Å². The predicted octanol–water partition coefficient (Wildman–Crippen LogP) is 0.828. The standard InChI is InChI=1S/C17H27N3O3/c1-19-10-12-20(13-11-19)17(21)7-8-18-9-14-23-16-5-3-15(22-2)4-6-16/h3-6,18H,7-14H2,1-2H3. The summed E-state index contributed by atoms with van der Waals surface area (Å²) < 4.78 is 10.7. The van der Waals surface area contributed by atoms with Crippen LogP contribution in [-0.2, 0) is 4.79 Å². The summed E-state index contributed by atoms with van der Waals surface area (Å²) in [6, 6.07) is 7.51. The van der Waals surface area contributed by atoms with Crippen molar-refractivity contribution in [2.75, 3.05) is 60.0 Å². The first-order valence-corrected chi connectivity index (χ1v) is 8.13. The SMILES string of the molecule is COc1ccc(OCCNCCC(=O)N2CCN(C)CC2)cc1. The van der Waals surface area contributed by atoms with Gasteiger partial charge in [0.1, 0.15) is 18.1 Å². The summed E-state index contributed by atoms with van der Waals surface area (Å²) >= 11 is 0. The van der Waals surface area contributed by atoms with Crippen LogP contribution in [0.5, 0.6) is 11.5 Å². The molecule has 1 fully saturated rings. The van der Waals surface area contributed by atoms with E-state index in [9.17, 15) is 4.79 Å². The Balaban J connectivity index is 1.52. The van der Waals surface area contributed by atoms with E-state index in [0.717, 1.165) is 44.2 Å². The smallest absolute Gasteiger partial charge is 0.223 e. The molecule has 0 unspecified atom stereocenters. The van der Waals surface area contributed by atoms with Crippen molar-refractivity contribution in [1.29, 1.82) is 0 Å². The molecule has 1 aromatic rings. The molecule has 0 aliphatic carbocycles. The van der Waals surface area contributed by atoms with Crippen LogP contribution in [0.1, 0.15) is 6.42 Å². The molecule has 0 aromatic heterocycles. The number of ether oxygens (including phenoxy) is 2. The van der Waals surface area contributed by atoms with Gasteiger partial charge in [-0.15, -0.1) is 0 Å². The summed E-state index contributed by atoms with van der Waals surface area (Å²) in [4.78, 5) is 16.2. The number of rotatable bonds is 8. The number of piperazine rings is 1. The van der Waals surface area contributed by atoms with Crippen LogP contribution >= 0.6 is 0 Å². The Kier molecular flexibility index (Phi) is 7.16. The monoisotopic (exact) mass is 321 g/mol.